The SMILES string of the molecule is COc1ccc(C)c(-c2c(N)c(C(N)=O)cc3cccnc23)c1C. The normalized spacial score (nSPS) is 10.8. The van der Waals surface area contributed by atoms with Gasteiger partial charge >= 0.3 is 0 Å². The fourth-order valence-corrected chi connectivity index (χ4v) is 3.13. The van der Waals surface area contributed by atoms with E-state index >= 15 is 0 Å². The second-order valence-corrected chi connectivity index (χ2v) is 5.74. The molecule has 0 saturated heterocycles. The van der Waals surface area contributed by atoms with Gasteiger partial charge in [-0.2, -0.15) is 0 Å². The van der Waals surface area contributed by atoms with E-state index in [1.807, 2.05) is 38.1 Å². The largest absolute Gasteiger partial charge is 0.496 e. The monoisotopic (exact) mass is 321 g/mol. The number of benzene rings is 2. The number of fused-ring (bicyclic) bond motifs is 1. The van der Waals surface area contributed by atoms with E-state index < -0.39 is 5.91 Å². The molecule has 0 radical (unpaired) electrons. The number of aromatic nitrogens is 1. The summed E-state index contributed by atoms with van der Waals surface area (Å²) in [4.78, 5) is 16.3. The van der Waals surface area contributed by atoms with Crippen LogP contribution in [0.3, 0.4) is 0 Å². The van der Waals surface area contributed by atoms with E-state index in [0.717, 1.165) is 38.9 Å². The molecule has 0 unspecified atom stereocenters. The number of pyridine rings is 1. The summed E-state index contributed by atoms with van der Waals surface area (Å²) in [5, 5.41) is 0.817. The molecule has 2 aromatic carbocycles. The predicted molar refractivity (Wildman–Crippen MR) is 96.1 cm³/mol. The standard InChI is InChI=1S/C19H19N3O2/c1-10-6-7-14(24-3)11(2)15(10)16-17(20)13(19(21)23)9-12-5-4-8-22-18(12)16/h4-9H,20H2,1-3H3,(H2,21,23). The third-order valence-corrected chi connectivity index (χ3v) is 4.29. The molecule has 0 fully saturated rings. The summed E-state index contributed by atoms with van der Waals surface area (Å²) < 4.78 is 5.44. The summed E-state index contributed by atoms with van der Waals surface area (Å²) in [5.41, 5.74) is 16.8. The summed E-state index contributed by atoms with van der Waals surface area (Å²) in [6.45, 7) is 3.96. The summed E-state index contributed by atoms with van der Waals surface area (Å²) in [5.74, 6) is 0.196. The molecule has 0 aliphatic rings. The highest BCUT2D eigenvalue weighted by Crippen LogP contribution is 2.41. The Labute approximate surface area is 140 Å². The van der Waals surface area contributed by atoms with Gasteiger partial charge in [0, 0.05) is 17.1 Å². The number of ether oxygens (including phenoxy) is 1. The van der Waals surface area contributed by atoms with Crippen LogP contribution < -0.4 is 16.2 Å². The van der Waals surface area contributed by atoms with Gasteiger partial charge in [0.05, 0.1) is 23.9 Å². The molecule has 5 nitrogen and oxygen atoms in total. The fraction of sp³-hybridized carbons (Fsp3) is 0.158. The van der Waals surface area contributed by atoms with Crippen LogP contribution >= 0.6 is 0 Å². The molecule has 4 N–H and O–H groups in total. The smallest absolute Gasteiger partial charge is 0.250 e. The molecule has 0 spiro atoms. The van der Waals surface area contributed by atoms with E-state index in [0.29, 0.717) is 11.3 Å². The zero-order valence-corrected chi connectivity index (χ0v) is 13.9. The Morgan fingerprint density at radius 2 is 1.92 bits per heavy atom. The molecular weight excluding hydrogens is 302 g/mol. The number of primary amides is 1. The fourth-order valence-electron chi connectivity index (χ4n) is 3.13. The second kappa shape index (κ2) is 5.85. The van der Waals surface area contributed by atoms with Gasteiger partial charge < -0.3 is 16.2 Å². The molecule has 5 heteroatoms. The van der Waals surface area contributed by atoms with Gasteiger partial charge in [0.15, 0.2) is 0 Å². The van der Waals surface area contributed by atoms with Gasteiger partial charge in [0.25, 0.3) is 5.91 Å². The van der Waals surface area contributed by atoms with Crippen LogP contribution in [-0.2, 0) is 0 Å². The first kappa shape index (κ1) is 15.8. The molecule has 0 bridgehead atoms. The maximum absolute atomic E-state index is 11.8. The lowest BCUT2D eigenvalue weighted by molar-refractivity contribution is 0.100. The zero-order valence-electron chi connectivity index (χ0n) is 13.9. The van der Waals surface area contributed by atoms with Gasteiger partial charge in [-0.05, 0) is 48.7 Å². The molecular formula is C19H19N3O2. The van der Waals surface area contributed by atoms with Crippen molar-refractivity contribution < 1.29 is 9.53 Å². The third-order valence-electron chi connectivity index (χ3n) is 4.29. The molecule has 0 saturated carbocycles. The number of nitrogen functional groups attached to an aromatic ring is 1. The van der Waals surface area contributed by atoms with Gasteiger partial charge in [-0.1, -0.05) is 12.1 Å². The van der Waals surface area contributed by atoms with E-state index in [1.165, 1.54) is 0 Å². The number of hydrogen-bond donors (Lipinski definition) is 2. The lowest BCUT2D eigenvalue weighted by Gasteiger charge is -2.18. The average Bonchev–Trinajstić information content (AvgIpc) is 2.56. The van der Waals surface area contributed by atoms with E-state index in [1.54, 1.807) is 19.4 Å². The molecule has 122 valence electrons. The molecule has 0 atom stereocenters. The number of methoxy groups -OCH3 is 1. The third kappa shape index (κ3) is 2.34. The van der Waals surface area contributed by atoms with Crippen LogP contribution in [0.15, 0.2) is 36.5 Å². The van der Waals surface area contributed by atoms with Crippen molar-refractivity contribution in [2.75, 3.05) is 12.8 Å². The first-order chi connectivity index (χ1) is 11.5. The number of nitrogens with zero attached hydrogens (tertiary/aromatic N) is 1. The highest BCUT2D eigenvalue weighted by molar-refractivity contribution is 6.11. The maximum Gasteiger partial charge on any atom is 0.250 e. The van der Waals surface area contributed by atoms with Crippen LogP contribution in [0.25, 0.3) is 22.0 Å². The molecule has 0 aliphatic heterocycles. The van der Waals surface area contributed by atoms with Crippen molar-refractivity contribution in [2.24, 2.45) is 5.73 Å². The van der Waals surface area contributed by atoms with Crippen molar-refractivity contribution >= 4 is 22.5 Å². The van der Waals surface area contributed by atoms with Crippen LogP contribution in [0.5, 0.6) is 5.75 Å². The number of carbonyl (C=O) groups excluding carboxylic acids is 1. The molecule has 0 aliphatic carbocycles. The number of anilines is 1. The number of carbonyl (C=O) groups is 1. The van der Waals surface area contributed by atoms with Gasteiger partial charge in [-0.3, -0.25) is 9.78 Å². The van der Waals surface area contributed by atoms with Crippen LogP contribution in [0.1, 0.15) is 21.5 Å². The first-order valence-electron chi connectivity index (χ1n) is 7.57. The molecule has 1 amide bonds. The topological polar surface area (TPSA) is 91.2 Å². The molecule has 3 aromatic rings. The van der Waals surface area contributed by atoms with E-state index in [-0.39, 0.29) is 0 Å². The lowest BCUT2D eigenvalue weighted by atomic mass is 9.90. The maximum atomic E-state index is 11.8. The molecule has 3 rings (SSSR count). The Kier molecular flexibility index (Phi) is 3.85. The minimum Gasteiger partial charge on any atom is -0.496 e. The molecule has 1 heterocycles. The number of rotatable bonds is 3. The number of nitrogens with two attached hydrogens (primary N) is 2. The summed E-state index contributed by atoms with van der Waals surface area (Å²) in [6.07, 6.45) is 1.71. The van der Waals surface area contributed by atoms with E-state index in [4.69, 9.17) is 16.2 Å². The van der Waals surface area contributed by atoms with Crippen molar-refractivity contribution in [2.45, 2.75) is 13.8 Å². The lowest BCUT2D eigenvalue weighted by Crippen LogP contribution is -2.14. The van der Waals surface area contributed by atoms with Crippen LogP contribution in [0, 0.1) is 13.8 Å². The van der Waals surface area contributed by atoms with Gasteiger partial charge in [0.1, 0.15) is 5.75 Å². The van der Waals surface area contributed by atoms with Gasteiger partial charge in [-0.15, -0.1) is 0 Å². The molecule has 24 heavy (non-hydrogen) atoms. The first-order valence-corrected chi connectivity index (χ1v) is 7.57. The zero-order chi connectivity index (χ0) is 17.4. The summed E-state index contributed by atoms with van der Waals surface area (Å²) >= 11 is 0. The number of amides is 1. The van der Waals surface area contributed by atoms with Crippen molar-refractivity contribution in [3.8, 4) is 16.9 Å². The highest BCUT2D eigenvalue weighted by Gasteiger charge is 2.20. The van der Waals surface area contributed by atoms with Crippen LogP contribution in [0.4, 0.5) is 5.69 Å². The average molecular weight is 321 g/mol. The molecule has 1 aromatic heterocycles. The minimum absolute atomic E-state index is 0.298. The number of aryl methyl sites for hydroxylation is 1. The van der Waals surface area contributed by atoms with Crippen molar-refractivity contribution in [1.82, 2.24) is 4.98 Å². The predicted octanol–water partition coefficient (Wildman–Crippen LogP) is 3.21. The number of hydrogen-bond acceptors (Lipinski definition) is 4. The Bertz CT molecular complexity index is 964. The van der Waals surface area contributed by atoms with Crippen LogP contribution in [-0.4, -0.2) is 18.0 Å². The van der Waals surface area contributed by atoms with E-state index in [9.17, 15) is 4.79 Å². The van der Waals surface area contributed by atoms with Gasteiger partial charge in [0.2, 0.25) is 0 Å². The minimum atomic E-state index is -0.558. The quantitative estimate of drug-likeness (QED) is 0.725. The Morgan fingerprint density at radius 3 is 2.58 bits per heavy atom. The Balaban J connectivity index is 2.51. The Morgan fingerprint density at radius 1 is 1.17 bits per heavy atom. The van der Waals surface area contributed by atoms with E-state index in [2.05, 4.69) is 4.98 Å². The van der Waals surface area contributed by atoms with Crippen LogP contribution in [0.2, 0.25) is 0 Å². The summed E-state index contributed by atoms with van der Waals surface area (Å²) in [7, 11) is 1.63. The highest BCUT2D eigenvalue weighted by atomic mass is 16.5. The summed E-state index contributed by atoms with van der Waals surface area (Å²) in [6, 6.07) is 9.28. The second-order valence-electron chi connectivity index (χ2n) is 5.74. The van der Waals surface area contributed by atoms with Crippen molar-refractivity contribution in [3.63, 3.8) is 0 Å². The van der Waals surface area contributed by atoms with Crippen molar-refractivity contribution in [1.29, 1.82) is 0 Å². The van der Waals surface area contributed by atoms with Crippen molar-refractivity contribution in [3.05, 3.63) is 53.2 Å². The Hall–Kier alpha value is -3.08. The van der Waals surface area contributed by atoms with Gasteiger partial charge in [-0.25, -0.2) is 0 Å².